The third-order valence-corrected chi connectivity index (χ3v) is 7.00. The lowest BCUT2D eigenvalue weighted by molar-refractivity contribution is 0.592. The second kappa shape index (κ2) is 6.10. The van der Waals surface area contributed by atoms with Crippen molar-refractivity contribution in [2.24, 2.45) is 0 Å². The summed E-state index contributed by atoms with van der Waals surface area (Å²) in [6.07, 6.45) is 3.25. The second-order valence-corrected chi connectivity index (χ2v) is 8.48. The third-order valence-electron chi connectivity index (χ3n) is 3.91. The summed E-state index contributed by atoms with van der Waals surface area (Å²) in [6, 6.07) is 5.20. The molecule has 7 nitrogen and oxygen atoms in total. The number of pyridine rings is 1. The van der Waals surface area contributed by atoms with Crippen LogP contribution >= 0.6 is 23.1 Å². The van der Waals surface area contributed by atoms with Crippen molar-refractivity contribution in [2.45, 2.75) is 16.5 Å². The summed E-state index contributed by atoms with van der Waals surface area (Å²) in [7, 11) is -2.03. The van der Waals surface area contributed by atoms with Crippen LogP contribution in [0.25, 0.3) is 16.7 Å². The topological polar surface area (TPSA) is 81.3 Å². The Morgan fingerprint density at radius 1 is 1.36 bits per heavy atom. The highest BCUT2D eigenvalue weighted by atomic mass is 35.5. The minimum atomic E-state index is -3.87. The van der Waals surface area contributed by atoms with Crippen LogP contribution in [0.3, 0.4) is 0 Å². The zero-order valence-electron chi connectivity index (χ0n) is 13.2. The van der Waals surface area contributed by atoms with Gasteiger partial charge >= 0.3 is 0 Å². The van der Waals surface area contributed by atoms with Crippen molar-refractivity contribution in [3.8, 4) is 0 Å². The molecule has 0 spiro atoms. The molecule has 0 aliphatic heterocycles. The van der Waals surface area contributed by atoms with Crippen LogP contribution in [0.1, 0.15) is 0 Å². The molecule has 0 unspecified atom stereocenters. The van der Waals surface area contributed by atoms with Crippen LogP contribution in [-0.4, -0.2) is 40.3 Å². The fourth-order valence-corrected chi connectivity index (χ4v) is 5.48. The van der Waals surface area contributed by atoms with Crippen molar-refractivity contribution in [1.29, 1.82) is 0 Å². The van der Waals surface area contributed by atoms with Crippen LogP contribution in [0.15, 0.2) is 45.9 Å². The van der Waals surface area contributed by atoms with Crippen LogP contribution in [0, 0.1) is 0 Å². The zero-order valence-corrected chi connectivity index (χ0v) is 15.6. The summed E-state index contributed by atoms with van der Waals surface area (Å²) in [4.78, 5) is 8.71. The van der Waals surface area contributed by atoms with Gasteiger partial charge in [0, 0.05) is 36.2 Å². The van der Waals surface area contributed by atoms with Crippen LogP contribution < -0.4 is 5.32 Å². The van der Waals surface area contributed by atoms with E-state index in [4.69, 9.17) is 11.6 Å². The highest BCUT2D eigenvalue weighted by Gasteiger charge is 2.30. The number of likely N-dealkylation sites (N-methyl/N-ethyl adjacent to an activating group) is 1. The van der Waals surface area contributed by atoms with Gasteiger partial charge in [0.2, 0.25) is 9.84 Å². The number of halogens is 1. The molecule has 4 heterocycles. The number of hydrogen-bond acceptors (Lipinski definition) is 6. The molecule has 130 valence electrons. The predicted molar refractivity (Wildman–Crippen MR) is 97.2 cm³/mol. The largest absolute Gasteiger partial charge is 0.330 e. The number of fused-ring (bicyclic) bond motifs is 2. The SMILES string of the molecule is CNCCn1cc(S(=O)(=O)c2nc3ccsn3c2Cl)c2cccnc21. The zero-order chi connectivity index (χ0) is 17.6. The van der Waals surface area contributed by atoms with Crippen LogP contribution in [0.2, 0.25) is 5.15 Å². The molecule has 25 heavy (non-hydrogen) atoms. The van der Waals surface area contributed by atoms with E-state index in [1.54, 1.807) is 39.8 Å². The van der Waals surface area contributed by atoms with E-state index in [0.717, 1.165) is 0 Å². The predicted octanol–water partition coefficient (Wildman–Crippen LogP) is 2.45. The highest BCUT2D eigenvalue weighted by molar-refractivity contribution is 7.91. The highest BCUT2D eigenvalue weighted by Crippen LogP contribution is 2.33. The van der Waals surface area contributed by atoms with E-state index >= 15 is 0 Å². The molecule has 0 atom stereocenters. The number of rotatable bonds is 5. The molecule has 0 aliphatic carbocycles. The van der Waals surface area contributed by atoms with Gasteiger partial charge in [-0.15, -0.1) is 0 Å². The Kier molecular flexibility index (Phi) is 4.03. The minimum Gasteiger partial charge on any atom is -0.330 e. The molecule has 0 aliphatic rings. The monoisotopic (exact) mass is 395 g/mol. The van der Waals surface area contributed by atoms with Crippen LogP contribution in [-0.2, 0) is 16.4 Å². The summed E-state index contributed by atoms with van der Waals surface area (Å²) in [5.41, 5.74) is 1.14. The standard InChI is InChI=1S/C15H14ClN5O2S2/c1-17-6-7-20-9-11(10-3-2-5-18-14(10)20)25(22,23)15-13(16)21-12(19-15)4-8-24-21/h2-5,8-9,17H,6-7H2,1H3. The molecule has 0 saturated carbocycles. The smallest absolute Gasteiger partial charge is 0.229 e. The van der Waals surface area contributed by atoms with Crippen LogP contribution in [0.4, 0.5) is 0 Å². The van der Waals surface area contributed by atoms with Crippen molar-refractivity contribution >= 4 is 49.7 Å². The molecule has 0 aromatic carbocycles. The maximum atomic E-state index is 13.2. The lowest BCUT2D eigenvalue weighted by Crippen LogP contribution is -2.14. The maximum absolute atomic E-state index is 13.2. The van der Waals surface area contributed by atoms with E-state index in [2.05, 4.69) is 15.3 Å². The van der Waals surface area contributed by atoms with Gasteiger partial charge in [-0.3, -0.25) is 0 Å². The van der Waals surface area contributed by atoms with Gasteiger partial charge in [-0.25, -0.2) is 22.2 Å². The van der Waals surface area contributed by atoms with Gasteiger partial charge in [0.15, 0.2) is 10.2 Å². The Labute approximate surface area is 153 Å². The van der Waals surface area contributed by atoms with Gasteiger partial charge in [0.1, 0.15) is 16.2 Å². The van der Waals surface area contributed by atoms with Crippen molar-refractivity contribution in [3.63, 3.8) is 0 Å². The molecule has 0 saturated heterocycles. The maximum Gasteiger partial charge on any atom is 0.229 e. The summed E-state index contributed by atoms with van der Waals surface area (Å²) >= 11 is 7.57. The van der Waals surface area contributed by atoms with Gasteiger partial charge in [0.05, 0.1) is 0 Å². The van der Waals surface area contributed by atoms with E-state index in [1.165, 1.54) is 11.5 Å². The number of hydrogen-bond donors (Lipinski definition) is 1. The van der Waals surface area contributed by atoms with E-state index in [1.807, 2.05) is 11.6 Å². The van der Waals surface area contributed by atoms with Gasteiger partial charge in [0.25, 0.3) is 0 Å². The molecule has 1 N–H and O–H groups in total. The van der Waals surface area contributed by atoms with Crippen molar-refractivity contribution in [1.82, 2.24) is 23.6 Å². The Morgan fingerprint density at radius 3 is 2.96 bits per heavy atom. The normalized spacial score (nSPS) is 12.4. The van der Waals surface area contributed by atoms with E-state index < -0.39 is 9.84 Å². The first-order chi connectivity index (χ1) is 12.0. The third kappa shape index (κ3) is 2.54. The Bertz CT molecular complexity index is 1180. The molecule has 4 rings (SSSR count). The minimum absolute atomic E-state index is 0.102. The van der Waals surface area contributed by atoms with Gasteiger partial charge in [-0.2, -0.15) is 0 Å². The summed E-state index contributed by atoms with van der Waals surface area (Å²) < 4.78 is 29.8. The van der Waals surface area contributed by atoms with Gasteiger partial charge < -0.3 is 9.88 Å². The molecule has 0 fully saturated rings. The molecular weight excluding hydrogens is 382 g/mol. The fraction of sp³-hybridized carbons (Fsp3) is 0.200. The number of nitrogens with zero attached hydrogens (tertiary/aromatic N) is 4. The number of imidazole rings is 1. The average molecular weight is 396 g/mol. The Hall–Kier alpha value is -1.94. The van der Waals surface area contributed by atoms with E-state index in [0.29, 0.717) is 29.8 Å². The first kappa shape index (κ1) is 16.5. The Morgan fingerprint density at radius 2 is 2.20 bits per heavy atom. The van der Waals surface area contributed by atoms with Gasteiger partial charge in [-0.05, 0) is 25.2 Å². The van der Waals surface area contributed by atoms with Crippen molar-refractivity contribution in [3.05, 3.63) is 41.1 Å². The molecule has 10 heteroatoms. The summed E-state index contributed by atoms with van der Waals surface area (Å²) in [5.74, 6) is 0. The van der Waals surface area contributed by atoms with Gasteiger partial charge in [-0.1, -0.05) is 23.1 Å². The summed E-state index contributed by atoms with van der Waals surface area (Å²) in [5, 5.41) is 5.39. The quantitative estimate of drug-likeness (QED) is 0.561. The number of sulfone groups is 1. The number of nitrogens with one attached hydrogen (secondary N) is 1. The molecular formula is C15H14ClN5O2S2. The van der Waals surface area contributed by atoms with Crippen LogP contribution in [0.5, 0.6) is 0 Å². The van der Waals surface area contributed by atoms with Crippen molar-refractivity contribution < 1.29 is 8.42 Å². The summed E-state index contributed by atoms with van der Waals surface area (Å²) in [6.45, 7) is 1.30. The van der Waals surface area contributed by atoms with Crippen molar-refractivity contribution in [2.75, 3.05) is 13.6 Å². The molecule has 0 radical (unpaired) electrons. The number of aromatic nitrogens is 4. The molecule has 4 aromatic heterocycles. The van der Waals surface area contributed by atoms with E-state index in [9.17, 15) is 8.42 Å². The fourth-order valence-electron chi connectivity index (χ4n) is 2.72. The first-order valence-electron chi connectivity index (χ1n) is 7.49. The van der Waals surface area contributed by atoms with E-state index in [-0.39, 0.29) is 15.1 Å². The molecule has 4 aromatic rings. The Balaban J connectivity index is 1.93. The lowest BCUT2D eigenvalue weighted by atomic mass is 10.3. The average Bonchev–Trinajstić information content (AvgIpc) is 3.28. The first-order valence-corrected chi connectivity index (χ1v) is 10.2. The molecule has 0 bridgehead atoms. The lowest BCUT2D eigenvalue weighted by Gasteiger charge is -2.02. The molecule has 0 amide bonds. The second-order valence-electron chi connectivity index (χ2n) is 5.44.